The predicted octanol–water partition coefficient (Wildman–Crippen LogP) is 7.72. The smallest absolute Gasteiger partial charge is 0.373 e. The van der Waals surface area contributed by atoms with Gasteiger partial charge in [-0.25, -0.2) is 0 Å². The molecule has 12 heteroatoms. The number of alkyl halides is 8. The van der Waals surface area contributed by atoms with Gasteiger partial charge in [0.05, 0.1) is 5.92 Å². The normalized spacial score (nSPS) is 26.7. The molecule has 4 unspecified atom stereocenters. The van der Waals surface area contributed by atoms with Crippen LogP contribution < -0.4 is 0 Å². The van der Waals surface area contributed by atoms with Gasteiger partial charge in [-0.3, -0.25) is 0 Å². The molecule has 0 aromatic carbocycles. The van der Waals surface area contributed by atoms with Crippen LogP contribution in [0.15, 0.2) is 24.1 Å². The van der Waals surface area contributed by atoms with E-state index in [-0.39, 0.29) is 5.92 Å². The molecule has 0 amide bonds. The first-order valence-corrected chi connectivity index (χ1v) is 10.1. The fourth-order valence-electron chi connectivity index (χ4n) is 4.91. The van der Waals surface area contributed by atoms with Crippen LogP contribution in [-0.4, -0.2) is 29.0 Å². The predicted molar refractivity (Wildman–Crippen MR) is 92.4 cm³/mol. The third-order valence-corrected chi connectivity index (χ3v) is 6.63. The first kappa shape index (κ1) is 26.9. The molecule has 2 aliphatic rings. The topological polar surface area (TPSA) is 20.2 Å². The molecule has 0 aromatic heterocycles. The van der Waals surface area contributed by atoms with Gasteiger partial charge in [-0.05, 0) is 43.4 Å². The molecule has 32 heavy (non-hydrogen) atoms. The summed E-state index contributed by atoms with van der Waals surface area (Å²) < 4.78 is 145. The van der Waals surface area contributed by atoms with Crippen LogP contribution in [0.1, 0.15) is 51.4 Å². The fourth-order valence-corrected chi connectivity index (χ4v) is 4.91. The molecule has 4 atom stereocenters. The average Bonchev–Trinajstić information content (AvgIpc) is 2.68. The zero-order chi connectivity index (χ0) is 24.5. The Kier molecular flexibility index (Phi) is 7.99. The van der Waals surface area contributed by atoms with Gasteiger partial charge in [-0.15, -0.1) is 0 Å². The summed E-state index contributed by atoms with van der Waals surface area (Å²) in [5, 5.41) is 9.40. The highest BCUT2D eigenvalue weighted by molar-refractivity contribution is 5.16. The summed E-state index contributed by atoms with van der Waals surface area (Å²) >= 11 is 0. The maximum Gasteiger partial charge on any atom is 0.426 e. The maximum absolute atomic E-state index is 14.2. The molecule has 0 aromatic rings. The number of rotatable bonds is 6. The number of allylic oxidation sites excluding steroid dienone is 3. The highest BCUT2D eigenvalue weighted by atomic mass is 19.4. The molecule has 0 aliphatic heterocycles. The van der Waals surface area contributed by atoms with E-state index in [0.29, 0.717) is 30.8 Å². The number of aliphatic hydroxyl groups is 1. The molecule has 2 rings (SSSR count). The van der Waals surface area contributed by atoms with E-state index in [1.807, 2.05) is 0 Å². The van der Waals surface area contributed by atoms with Crippen molar-refractivity contribution in [3.63, 3.8) is 0 Å². The molecular formula is C20H23F11O. The van der Waals surface area contributed by atoms with Gasteiger partial charge in [0.15, 0.2) is 0 Å². The molecular weight excluding hydrogens is 465 g/mol. The molecule has 0 bridgehead atoms. The Labute approximate surface area is 177 Å². The van der Waals surface area contributed by atoms with E-state index in [4.69, 9.17) is 0 Å². The lowest BCUT2D eigenvalue weighted by molar-refractivity contribution is -0.399. The van der Waals surface area contributed by atoms with E-state index < -0.39 is 48.1 Å². The van der Waals surface area contributed by atoms with Crippen molar-refractivity contribution in [1.82, 2.24) is 0 Å². The van der Waals surface area contributed by atoms with Crippen LogP contribution in [0.5, 0.6) is 0 Å². The molecule has 2 saturated carbocycles. The van der Waals surface area contributed by atoms with Gasteiger partial charge in [-0.2, -0.15) is 48.3 Å². The van der Waals surface area contributed by atoms with Crippen molar-refractivity contribution in [2.75, 3.05) is 0 Å². The Morgan fingerprint density at radius 3 is 1.84 bits per heavy atom. The van der Waals surface area contributed by atoms with Crippen molar-refractivity contribution in [1.29, 1.82) is 0 Å². The minimum atomic E-state index is -6.74. The Balaban J connectivity index is 2.35. The monoisotopic (exact) mass is 488 g/mol. The SMILES string of the molecule is OC(C(C/C=C/C1CCC2CCCCC2C1)C(F)(F)C(F)=C(F)F)(C(F)(F)F)C(F)(F)F. The Morgan fingerprint density at radius 2 is 1.34 bits per heavy atom. The molecule has 0 spiro atoms. The zero-order valence-corrected chi connectivity index (χ0v) is 16.7. The van der Waals surface area contributed by atoms with Crippen LogP contribution in [0.25, 0.3) is 0 Å². The second-order valence-electron chi connectivity index (χ2n) is 8.55. The second-order valence-corrected chi connectivity index (χ2v) is 8.55. The fraction of sp³-hybridized carbons (Fsp3) is 0.800. The highest BCUT2D eigenvalue weighted by Crippen LogP contribution is 2.55. The number of fused-ring (bicyclic) bond motifs is 1. The lowest BCUT2D eigenvalue weighted by Crippen LogP contribution is -2.65. The lowest BCUT2D eigenvalue weighted by atomic mass is 9.67. The van der Waals surface area contributed by atoms with Crippen molar-refractivity contribution in [2.24, 2.45) is 23.7 Å². The van der Waals surface area contributed by atoms with E-state index in [0.717, 1.165) is 38.2 Å². The van der Waals surface area contributed by atoms with Gasteiger partial charge in [0, 0.05) is 0 Å². The third kappa shape index (κ3) is 5.25. The van der Waals surface area contributed by atoms with Crippen molar-refractivity contribution >= 4 is 0 Å². The molecule has 2 aliphatic carbocycles. The number of hydrogen-bond donors (Lipinski definition) is 1. The number of hydrogen-bond acceptors (Lipinski definition) is 1. The zero-order valence-electron chi connectivity index (χ0n) is 16.7. The van der Waals surface area contributed by atoms with Gasteiger partial charge in [0.2, 0.25) is 5.83 Å². The minimum absolute atomic E-state index is 0.299. The summed E-state index contributed by atoms with van der Waals surface area (Å²) in [5.74, 6) is -13.5. The van der Waals surface area contributed by atoms with Crippen LogP contribution >= 0.6 is 0 Å². The third-order valence-electron chi connectivity index (χ3n) is 6.63. The van der Waals surface area contributed by atoms with Crippen LogP contribution in [0.4, 0.5) is 48.3 Å². The maximum atomic E-state index is 14.2. The standard InChI is InChI=1S/C20H23F11O/c21-15(16(22)23)17(24,25)14(18(32,19(26,27)28)20(29,30)31)7-3-4-11-8-9-12-5-1-2-6-13(12)10-11/h3-4,11-14,32H,1-2,5-10H2/b4-3+. The van der Waals surface area contributed by atoms with Gasteiger partial charge in [0.1, 0.15) is 0 Å². The summed E-state index contributed by atoms with van der Waals surface area (Å²) in [6.07, 6.45) is -11.5. The molecule has 2 fully saturated rings. The largest absolute Gasteiger partial charge is 0.426 e. The summed E-state index contributed by atoms with van der Waals surface area (Å²) in [6.45, 7) is 0. The van der Waals surface area contributed by atoms with E-state index >= 15 is 0 Å². The summed E-state index contributed by atoms with van der Waals surface area (Å²) in [4.78, 5) is 0. The Morgan fingerprint density at radius 1 is 0.812 bits per heavy atom. The van der Waals surface area contributed by atoms with Crippen molar-refractivity contribution in [3.8, 4) is 0 Å². The quantitative estimate of drug-likeness (QED) is 0.300. The van der Waals surface area contributed by atoms with Gasteiger partial charge >= 0.3 is 24.4 Å². The van der Waals surface area contributed by atoms with E-state index in [9.17, 15) is 53.4 Å². The van der Waals surface area contributed by atoms with Gasteiger partial charge in [-0.1, -0.05) is 37.8 Å². The first-order chi connectivity index (χ1) is 14.5. The van der Waals surface area contributed by atoms with E-state index in [2.05, 4.69) is 0 Å². The summed E-state index contributed by atoms with van der Waals surface area (Å²) in [7, 11) is 0. The first-order valence-electron chi connectivity index (χ1n) is 10.1. The van der Waals surface area contributed by atoms with Crippen LogP contribution in [0, 0.1) is 23.7 Å². The molecule has 1 nitrogen and oxygen atoms in total. The van der Waals surface area contributed by atoms with Crippen LogP contribution in [0.3, 0.4) is 0 Å². The van der Waals surface area contributed by atoms with Gasteiger partial charge < -0.3 is 5.11 Å². The average molecular weight is 488 g/mol. The summed E-state index contributed by atoms with van der Waals surface area (Å²) in [6, 6.07) is 0. The molecule has 0 radical (unpaired) electrons. The highest BCUT2D eigenvalue weighted by Gasteiger charge is 2.78. The lowest BCUT2D eigenvalue weighted by Gasteiger charge is -2.41. The summed E-state index contributed by atoms with van der Waals surface area (Å²) in [5.41, 5.74) is -6.12. The van der Waals surface area contributed by atoms with Crippen molar-refractivity contribution in [2.45, 2.75) is 75.2 Å². The van der Waals surface area contributed by atoms with Crippen molar-refractivity contribution < 1.29 is 53.4 Å². The van der Waals surface area contributed by atoms with Crippen molar-refractivity contribution in [3.05, 3.63) is 24.1 Å². The molecule has 186 valence electrons. The van der Waals surface area contributed by atoms with Crippen LogP contribution in [0.2, 0.25) is 0 Å². The minimum Gasteiger partial charge on any atom is -0.373 e. The number of halogens is 11. The van der Waals surface area contributed by atoms with E-state index in [1.54, 1.807) is 0 Å². The molecule has 0 heterocycles. The molecule has 1 N–H and O–H groups in total. The van der Waals surface area contributed by atoms with Crippen LogP contribution in [-0.2, 0) is 0 Å². The Hall–Kier alpha value is -1.33. The Bertz CT molecular complexity index is 689. The van der Waals surface area contributed by atoms with E-state index in [1.165, 1.54) is 0 Å². The molecule has 0 saturated heterocycles. The second kappa shape index (κ2) is 9.50. The van der Waals surface area contributed by atoms with Gasteiger partial charge in [0.25, 0.3) is 5.60 Å².